The fourth-order valence-corrected chi connectivity index (χ4v) is 2.64. The van der Waals surface area contributed by atoms with Gasteiger partial charge in [-0.3, -0.25) is 0 Å². The van der Waals surface area contributed by atoms with Crippen molar-refractivity contribution in [3.63, 3.8) is 0 Å². The van der Waals surface area contributed by atoms with Crippen LogP contribution >= 0.6 is 11.6 Å². The largest absolute Gasteiger partial charge is 0.496 e. The van der Waals surface area contributed by atoms with E-state index in [2.05, 4.69) is 5.10 Å². The zero-order valence-corrected chi connectivity index (χ0v) is 13.5. The van der Waals surface area contributed by atoms with E-state index in [9.17, 15) is 8.78 Å². The van der Waals surface area contributed by atoms with E-state index >= 15 is 0 Å². The second-order valence-corrected chi connectivity index (χ2v) is 6.75. The van der Waals surface area contributed by atoms with E-state index in [0.717, 1.165) is 0 Å². The quantitative estimate of drug-likeness (QED) is 0.793. The fraction of sp³-hybridized carbons (Fsp3) is 0.500. The minimum absolute atomic E-state index is 0.322. The molecule has 1 aromatic carbocycles. The third kappa shape index (κ3) is 2.32. The van der Waals surface area contributed by atoms with Crippen LogP contribution in [0.5, 0.6) is 0 Å². The van der Waals surface area contributed by atoms with Crippen LogP contribution in [-0.4, -0.2) is 28.1 Å². The van der Waals surface area contributed by atoms with Crippen LogP contribution in [0.2, 0.25) is 5.02 Å². The Balaban J connectivity index is 2.04. The van der Waals surface area contributed by atoms with Gasteiger partial charge < -0.3 is 9.31 Å². The molecule has 1 fully saturated rings. The van der Waals surface area contributed by atoms with Crippen LogP contribution in [0.25, 0.3) is 10.9 Å². The Morgan fingerprint density at radius 3 is 2.32 bits per heavy atom. The lowest BCUT2D eigenvalue weighted by Gasteiger charge is -2.32. The van der Waals surface area contributed by atoms with Gasteiger partial charge in [-0.2, -0.15) is 13.9 Å². The van der Waals surface area contributed by atoms with Gasteiger partial charge >= 0.3 is 13.7 Å². The van der Waals surface area contributed by atoms with Gasteiger partial charge in [0.15, 0.2) is 0 Å². The Labute approximate surface area is 132 Å². The maximum atomic E-state index is 12.7. The van der Waals surface area contributed by atoms with Crippen LogP contribution in [0.15, 0.2) is 18.3 Å². The fourth-order valence-electron chi connectivity index (χ4n) is 2.35. The number of fused-ring (bicyclic) bond motifs is 1. The first kappa shape index (κ1) is 15.7. The Morgan fingerprint density at radius 1 is 1.18 bits per heavy atom. The van der Waals surface area contributed by atoms with Crippen molar-refractivity contribution in [3.05, 3.63) is 23.4 Å². The first-order valence-electron chi connectivity index (χ1n) is 6.93. The highest BCUT2D eigenvalue weighted by Gasteiger charge is 2.52. The highest BCUT2D eigenvalue weighted by Crippen LogP contribution is 2.37. The van der Waals surface area contributed by atoms with Gasteiger partial charge in [-0.15, -0.1) is 0 Å². The summed E-state index contributed by atoms with van der Waals surface area (Å²) < 4.78 is 38.0. The molecule has 1 saturated heterocycles. The van der Waals surface area contributed by atoms with E-state index in [1.54, 1.807) is 12.1 Å². The summed E-state index contributed by atoms with van der Waals surface area (Å²) in [4.78, 5) is 0. The van der Waals surface area contributed by atoms with Crippen molar-refractivity contribution in [2.45, 2.75) is 45.4 Å². The van der Waals surface area contributed by atoms with Gasteiger partial charge in [-0.1, -0.05) is 17.7 Å². The molecule has 8 heteroatoms. The number of rotatable bonds is 2. The molecule has 0 saturated carbocycles. The zero-order chi connectivity index (χ0) is 16.3. The van der Waals surface area contributed by atoms with Gasteiger partial charge in [0.2, 0.25) is 0 Å². The summed E-state index contributed by atoms with van der Waals surface area (Å²) in [5, 5.41) is 4.57. The van der Waals surface area contributed by atoms with E-state index in [1.165, 1.54) is 6.20 Å². The molecule has 1 aliphatic heterocycles. The molecule has 0 bridgehead atoms. The molecule has 0 N–H and O–H groups in total. The van der Waals surface area contributed by atoms with Crippen LogP contribution in [0.3, 0.4) is 0 Å². The first-order valence-corrected chi connectivity index (χ1v) is 7.31. The predicted octanol–water partition coefficient (Wildman–Crippen LogP) is 3.38. The molecule has 0 unspecified atom stereocenters. The van der Waals surface area contributed by atoms with Crippen LogP contribution in [0.1, 0.15) is 34.2 Å². The van der Waals surface area contributed by atoms with Gasteiger partial charge in [0.25, 0.3) is 0 Å². The maximum absolute atomic E-state index is 12.7. The van der Waals surface area contributed by atoms with E-state index in [-0.39, 0.29) is 0 Å². The number of halogens is 3. The third-order valence-corrected chi connectivity index (χ3v) is 4.80. The topological polar surface area (TPSA) is 36.3 Å². The standard InChI is InChI=1S/C14H16BClF2N2O2/c1-13(2)14(3,4)22-15(21-13)9-5-6-10-8(11(9)16)7-20(19-10)12(17)18/h5-7,12H,1-4H3. The molecule has 0 atom stereocenters. The summed E-state index contributed by atoms with van der Waals surface area (Å²) in [5.74, 6) is 0. The van der Waals surface area contributed by atoms with Crippen molar-refractivity contribution in [1.29, 1.82) is 0 Å². The van der Waals surface area contributed by atoms with Gasteiger partial charge in [-0.25, -0.2) is 4.68 Å². The molecule has 3 rings (SSSR count). The molecule has 2 aromatic rings. The predicted molar refractivity (Wildman–Crippen MR) is 81.7 cm³/mol. The smallest absolute Gasteiger partial charge is 0.399 e. The van der Waals surface area contributed by atoms with Crippen LogP contribution in [0, 0.1) is 0 Å². The van der Waals surface area contributed by atoms with Crippen LogP contribution in [0.4, 0.5) is 8.78 Å². The number of aromatic nitrogens is 2. The van der Waals surface area contributed by atoms with Crippen LogP contribution in [-0.2, 0) is 9.31 Å². The highest BCUT2D eigenvalue weighted by molar-refractivity contribution is 6.66. The third-order valence-electron chi connectivity index (χ3n) is 4.38. The molecule has 0 spiro atoms. The summed E-state index contributed by atoms with van der Waals surface area (Å²) in [6.45, 7) is 5.05. The van der Waals surface area contributed by atoms with Crippen molar-refractivity contribution in [1.82, 2.24) is 9.78 Å². The summed E-state index contributed by atoms with van der Waals surface area (Å²) in [6.07, 6.45) is 1.23. The molecular formula is C14H16BClF2N2O2. The SMILES string of the molecule is CC1(C)OB(c2ccc3nn(C(F)F)cc3c2Cl)OC1(C)C. The first-order chi connectivity index (χ1) is 10.1. The summed E-state index contributed by atoms with van der Waals surface area (Å²) in [6, 6.07) is 3.34. The molecule has 4 nitrogen and oxygen atoms in total. The monoisotopic (exact) mass is 328 g/mol. The minimum atomic E-state index is -2.70. The van der Waals surface area contributed by atoms with E-state index in [1.807, 2.05) is 27.7 Å². The Hall–Kier alpha value is -1.18. The molecule has 2 heterocycles. The van der Waals surface area contributed by atoms with Crippen molar-refractivity contribution >= 4 is 35.1 Å². The summed E-state index contributed by atoms with van der Waals surface area (Å²) >= 11 is 6.37. The van der Waals surface area contributed by atoms with Gasteiger partial charge in [0, 0.05) is 17.0 Å². The average molecular weight is 329 g/mol. The lowest BCUT2D eigenvalue weighted by molar-refractivity contribution is 0.00578. The lowest BCUT2D eigenvalue weighted by atomic mass is 9.78. The summed E-state index contributed by atoms with van der Waals surface area (Å²) in [7, 11) is -0.642. The number of hydrogen-bond donors (Lipinski definition) is 0. The van der Waals surface area contributed by atoms with Gasteiger partial charge in [0.05, 0.1) is 21.7 Å². The molecule has 0 radical (unpaired) electrons. The normalized spacial score (nSPS) is 20.3. The van der Waals surface area contributed by atoms with Crippen molar-refractivity contribution in [2.75, 3.05) is 0 Å². The molecule has 1 aromatic heterocycles. The molecule has 0 amide bonds. The second-order valence-electron chi connectivity index (χ2n) is 6.38. The van der Waals surface area contributed by atoms with E-state index in [0.29, 0.717) is 26.1 Å². The summed E-state index contributed by atoms with van der Waals surface area (Å²) in [5.41, 5.74) is 0.0267. The molecule has 1 aliphatic rings. The molecule has 22 heavy (non-hydrogen) atoms. The second kappa shape index (κ2) is 4.91. The molecule has 0 aliphatic carbocycles. The van der Waals surface area contributed by atoms with Gasteiger partial charge in [0.1, 0.15) is 0 Å². The highest BCUT2D eigenvalue weighted by atomic mass is 35.5. The van der Waals surface area contributed by atoms with E-state index < -0.39 is 24.9 Å². The Kier molecular flexibility index (Phi) is 3.51. The number of alkyl halides is 2. The number of nitrogens with zero attached hydrogens (tertiary/aromatic N) is 2. The zero-order valence-electron chi connectivity index (χ0n) is 12.7. The molecule has 118 valence electrons. The Morgan fingerprint density at radius 2 is 1.77 bits per heavy atom. The molecular weight excluding hydrogens is 312 g/mol. The lowest BCUT2D eigenvalue weighted by Crippen LogP contribution is -2.41. The van der Waals surface area contributed by atoms with Crippen molar-refractivity contribution in [3.8, 4) is 0 Å². The van der Waals surface area contributed by atoms with Crippen molar-refractivity contribution in [2.24, 2.45) is 0 Å². The Bertz CT molecular complexity index is 717. The average Bonchev–Trinajstić information content (AvgIpc) is 2.90. The van der Waals surface area contributed by atoms with Crippen LogP contribution < -0.4 is 5.46 Å². The maximum Gasteiger partial charge on any atom is 0.496 e. The van der Waals surface area contributed by atoms with E-state index in [4.69, 9.17) is 20.9 Å². The van der Waals surface area contributed by atoms with Gasteiger partial charge in [-0.05, 0) is 33.8 Å². The minimum Gasteiger partial charge on any atom is -0.399 e. The number of benzene rings is 1. The number of hydrogen-bond acceptors (Lipinski definition) is 3. The van der Waals surface area contributed by atoms with Crippen molar-refractivity contribution < 1.29 is 18.1 Å².